The summed E-state index contributed by atoms with van der Waals surface area (Å²) in [4.78, 5) is 20.0. The summed E-state index contributed by atoms with van der Waals surface area (Å²) in [5, 5.41) is 11.4. The highest BCUT2D eigenvalue weighted by Gasteiger charge is 2.32. The molecule has 0 spiro atoms. The molecule has 1 aromatic carbocycles. The Bertz CT molecular complexity index is 627. The Labute approximate surface area is 121 Å². The second-order valence-electron chi connectivity index (χ2n) is 5.08. The molecule has 2 atom stereocenters. The van der Waals surface area contributed by atoms with E-state index >= 15 is 0 Å². The van der Waals surface area contributed by atoms with Gasteiger partial charge in [0.1, 0.15) is 11.4 Å². The zero-order valence-electron chi connectivity index (χ0n) is 11.0. The van der Waals surface area contributed by atoms with E-state index in [1.165, 1.54) is 0 Å². The lowest BCUT2D eigenvalue weighted by molar-refractivity contribution is -0.142. The van der Waals surface area contributed by atoms with Crippen LogP contribution in [0.3, 0.4) is 0 Å². The second kappa shape index (κ2) is 5.79. The minimum atomic E-state index is -0.680. The van der Waals surface area contributed by atoms with Gasteiger partial charge in [-0.3, -0.25) is 4.79 Å². The number of aromatic nitrogens is 2. The van der Waals surface area contributed by atoms with E-state index in [2.05, 4.69) is 9.97 Å². The number of carbonyl (C=O) groups is 1. The van der Waals surface area contributed by atoms with Crippen LogP contribution in [0.4, 0.5) is 0 Å². The Morgan fingerprint density at radius 2 is 2.00 bits per heavy atom. The first-order chi connectivity index (χ1) is 9.75. The molecule has 1 aliphatic rings. The average molecular weight is 288 g/mol. The molecule has 1 aliphatic carbocycles. The molecule has 0 amide bonds. The fourth-order valence-corrected chi connectivity index (χ4v) is 4.13. The van der Waals surface area contributed by atoms with Crippen LogP contribution in [0.5, 0.6) is 0 Å². The molecule has 0 radical (unpaired) electrons. The molecule has 1 fully saturated rings. The predicted octanol–water partition coefficient (Wildman–Crippen LogP) is 3.37. The molecule has 2 aromatic rings. The Hall–Kier alpha value is -1.62. The number of carboxylic acids is 1. The van der Waals surface area contributed by atoms with E-state index in [-0.39, 0.29) is 11.2 Å². The van der Waals surface area contributed by atoms with E-state index in [9.17, 15) is 9.90 Å². The summed E-state index contributed by atoms with van der Waals surface area (Å²) in [5.74, 6) is -0.942. The number of hydrogen-bond donors (Lipinski definition) is 1. The van der Waals surface area contributed by atoms with Crippen molar-refractivity contribution < 1.29 is 9.90 Å². The second-order valence-corrected chi connectivity index (χ2v) is 6.31. The van der Waals surface area contributed by atoms with E-state index in [1.807, 2.05) is 24.3 Å². The van der Waals surface area contributed by atoms with E-state index in [0.717, 1.165) is 41.6 Å². The van der Waals surface area contributed by atoms with Crippen LogP contribution in [-0.2, 0) is 4.79 Å². The molecule has 4 nitrogen and oxygen atoms in total. The maximum absolute atomic E-state index is 11.4. The molecule has 1 N–H and O–H groups in total. The minimum absolute atomic E-state index is 0.111. The molecule has 1 saturated carbocycles. The van der Waals surface area contributed by atoms with E-state index in [1.54, 1.807) is 18.1 Å². The Morgan fingerprint density at radius 1 is 1.20 bits per heavy atom. The van der Waals surface area contributed by atoms with Crippen molar-refractivity contribution in [3.05, 3.63) is 30.6 Å². The predicted molar refractivity (Wildman–Crippen MR) is 78.8 cm³/mol. The maximum Gasteiger partial charge on any atom is 0.307 e. The summed E-state index contributed by atoms with van der Waals surface area (Å²) in [6.07, 6.45) is 5.39. The number of benzene rings is 1. The number of fused-ring (bicyclic) bond motifs is 1. The van der Waals surface area contributed by atoms with E-state index in [0.29, 0.717) is 0 Å². The number of nitrogens with zero attached hydrogens (tertiary/aromatic N) is 2. The molecule has 0 aliphatic heterocycles. The summed E-state index contributed by atoms with van der Waals surface area (Å²) < 4.78 is 0. The van der Waals surface area contributed by atoms with Crippen molar-refractivity contribution in [1.29, 1.82) is 0 Å². The summed E-state index contributed by atoms with van der Waals surface area (Å²) in [5.41, 5.74) is 0.910. The molecule has 5 heteroatoms. The first-order valence-corrected chi connectivity index (χ1v) is 7.73. The van der Waals surface area contributed by atoms with Gasteiger partial charge >= 0.3 is 5.97 Å². The Kier molecular flexibility index (Phi) is 3.87. The zero-order valence-corrected chi connectivity index (χ0v) is 11.8. The van der Waals surface area contributed by atoms with Gasteiger partial charge in [0.2, 0.25) is 0 Å². The van der Waals surface area contributed by atoms with Gasteiger partial charge in [0, 0.05) is 10.6 Å². The van der Waals surface area contributed by atoms with Crippen LogP contribution in [0.2, 0.25) is 0 Å². The molecule has 3 rings (SSSR count). The van der Waals surface area contributed by atoms with Crippen molar-refractivity contribution in [2.24, 2.45) is 5.92 Å². The summed E-state index contributed by atoms with van der Waals surface area (Å²) >= 11 is 1.60. The summed E-state index contributed by atoms with van der Waals surface area (Å²) in [7, 11) is 0. The lowest BCUT2D eigenvalue weighted by Crippen LogP contribution is -2.29. The lowest BCUT2D eigenvalue weighted by atomic mass is 9.89. The van der Waals surface area contributed by atoms with Crippen LogP contribution in [-0.4, -0.2) is 26.3 Å². The van der Waals surface area contributed by atoms with Crippen molar-refractivity contribution in [3.63, 3.8) is 0 Å². The normalized spacial score (nSPS) is 22.8. The van der Waals surface area contributed by atoms with E-state index < -0.39 is 5.97 Å². The number of carboxylic acid groups (broad SMARTS) is 1. The van der Waals surface area contributed by atoms with Crippen LogP contribution < -0.4 is 0 Å². The Morgan fingerprint density at radius 3 is 2.85 bits per heavy atom. The monoisotopic (exact) mass is 288 g/mol. The standard InChI is InChI=1S/C15H16N2O2S/c18-15(19)11-6-2-4-8-13(11)20-14-10-5-1-3-7-12(10)16-9-17-14/h1,3,5,7,9,11,13H,2,4,6,8H2,(H,18,19). The first-order valence-electron chi connectivity index (χ1n) is 6.85. The molecule has 104 valence electrons. The van der Waals surface area contributed by atoms with Gasteiger partial charge in [-0.05, 0) is 18.9 Å². The SMILES string of the molecule is O=C(O)C1CCCCC1Sc1ncnc2ccccc12. The number of aliphatic carboxylic acids is 1. The smallest absolute Gasteiger partial charge is 0.307 e. The van der Waals surface area contributed by atoms with Gasteiger partial charge in [0.05, 0.1) is 11.4 Å². The van der Waals surface area contributed by atoms with Crippen LogP contribution in [0.1, 0.15) is 25.7 Å². The third-order valence-corrected chi connectivity index (χ3v) is 5.20. The van der Waals surface area contributed by atoms with Gasteiger partial charge < -0.3 is 5.11 Å². The molecule has 2 unspecified atom stereocenters. The number of hydrogen-bond acceptors (Lipinski definition) is 4. The highest BCUT2D eigenvalue weighted by atomic mass is 32.2. The van der Waals surface area contributed by atoms with E-state index in [4.69, 9.17) is 0 Å². The van der Waals surface area contributed by atoms with Crippen LogP contribution in [0.15, 0.2) is 35.6 Å². The van der Waals surface area contributed by atoms with Gasteiger partial charge in [-0.15, -0.1) is 11.8 Å². The molecule has 1 aromatic heterocycles. The molecule has 20 heavy (non-hydrogen) atoms. The minimum Gasteiger partial charge on any atom is -0.481 e. The van der Waals surface area contributed by atoms with Gasteiger partial charge in [-0.25, -0.2) is 9.97 Å². The topological polar surface area (TPSA) is 63.1 Å². The van der Waals surface area contributed by atoms with Crippen LogP contribution in [0.25, 0.3) is 10.9 Å². The van der Waals surface area contributed by atoms with Gasteiger partial charge in [0.15, 0.2) is 0 Å². The molecular weight excluding hydrogens is 272 g/mol. The van der Waals surface area contributed by atoms with Crippen molar-refractivity contribution >= 4 is 28.6 Å². The molecule has 0 bridgehead atoms. The first kappa shape index (κ1) is 13.4. The van der Waals surface area contributed by atoms with Crippen molar-refractivity contribution in [2.45, 2.75) is 36.0 Å². The largest absolute Gasteiger partial charge is 0.481 e. The molecular formula is C15H16N2O2S. The van der Waals surface area contributed by atoms with Crippen LogP contribution >= 0.6 is 11.8 Å². The van der Waals surface area contributed by atoms with Crippen molar-refractivity contribution in [1.82, 2.24) is 9.97 Å². The molecule has 0 saturated heterocycles. The number of para-hydroxylation sites is 1. The fraction of sp³-hybridized carbons (Fsp3) is 0.400. The van der Waals surface area contributed by atoms with Gasteiger partial charge in [0.25, 0.3) is 0 Å². The quantitative estimate of drug-likeness (QED) is 0.877. The maximum atomic E-state index is 11.4. The number of thioether (sulfide) groups is 1. The van der Waals surface area contributed by atoms with Crippen LogP contribution in [0, 0.1) is 5.92 Å². The third kappa shape index (κ3) is 2.63. The highest BCUT2D eigenvalue weighted by Crippen LogP contribution is 2.38. The van der Waals surface area contributed by atoms with Crippen molar-refractivity contribution in [3.8, 4) is 0 Å². The molecule has 1 heterocycles. The number of rotatable bonds is 3. The van der Waals surface area contributed by atoms with Gasteiger partial charge in [-0.1, -0.05) is 31.0 Å². The summed E-state index contributed by atoms with van der Waals surface area (Å²) in [6.45, 7) is 0. The van der Waals surface area contributed by atoms with Crippen molar-refractivity contribution in [2.75, 3.05) is 0 Å². The lowest BCUT2D eigenvalue weighted by Gasteiger charge is -2.27. The average Bonchev–Trinajstić information content (AvgIpc) is 2.48. The fourth-order valence-electron chi connectivity index (χ4n) is 2.74. The highest BCUT2D eigenvalue weighted by molar-refractivity contribution is 8.00. The zero-order chi connectivity index (χ0) is 13.9. The van der Waals surface area contributed by atoms with Gasteiger partial charge in [-0.2, -0.15) is 0 Å². The Balaban J connectivity index is 1.90. The third-order valence-electron chi connectivity index (χ3n) is 3.79. The summed E-state index contributed by atoms with van der Waals surface area (Å²) in [6, 6.07) is 7.86.